The van der Waals surface area contributed by atoms with E-state index in [0.717, 1.165) is 37.6 Å². The van der Waals surface area contributed by atoms with E-state index >= 15 is 0 Å². The summed E-state index contributed by atoms with van der Waals surface area (Å²) < 4.78 is 13.1. The Morgan fingerprint density at radius 1 is 1.17 bits per heavy atom. The fourth-order valence-electron chi connectivity index (χ4n) is 2.99. The van der Waals surface area contributed by atoms with Crippen LogP contribution in [0.3, 0.4) is 0 Å². The van der Waals surface area contributed by atoms with Crippen LogP contribution in [0.1, 0.15) is 30.4 Å². The molecule has 2 N–H and O–H groups in total. The van der Waals surface area contributed by atoms with E-state index < -0.39 is 0 Å². The van der Waals surface area contributed by atoms with Crippen molar-refractivity contribution in [1.29, 1.82) is 0 Å². The third-order valence-corrected chi connectivity index (χ3v) is 4.38. The van der Waals surface area contributed by atoms with Gasteiger partial charge in [0.05, 0.1) is 0 Å². The third-order valence-electron chi connectivity index (χ3n) is 4.38. The first-order valence-electron chi connectivity index (χ1n) is 8.61. The van der Waals surface area contributed by atoms with Crippen LogP contribution in [-0.2, 0) is 6.42 Å². The highest BCUT2D eigenvalue weighted by Gasteiger charge is 2.09. The maximum absolute atomic E-state index is 13.1. The van der Waals surface area contributed by atoms with Crippen molar-refractivity contribution in [3.63, 3.8) is 0 Å². The normalized spacial score (nSPS) is 16.4. The molecule has 0 saturated carbocycles. The molecule has 0 amide bonds. The van der Waals surface area contributed by atoms with Gasteiger partial charge in [0.2, 0.25) is 0 Å². The lowest BCUT2D eigenvalue weighted by Gasteiger charge is -2.26. The molecule has 0 bridgehead atoms. The van der Waals surface area contributed by atoms with Crippen LogP contribution in [0.2, 0.25) is 0 Å². The number of hydrogen-bond acceptors (Lipinski definition) is 2. The number of rotatable bonds is 6. The minimum atomic E-state index is -0.172. The first kappa shape index (κ1) is 17.7. The van der Waals surface area contributed by atoms with Gasteiger partial charge in [0, 0.05) is 26.7 Å². The summed E-state index contributed by atoms with van der Waals surface area (Å²) in [5.74, 6) is 0.663. The number of likely N-dealkylation sites (tertiary alicyclic amines) is 1. The van der Waals surface area contributed by atoms with Crippen molar-refractivity contribution in [2.75, 3.05) is 39.8 Å². The molecule has 1 saturated heterocycles. The minimum Gasteiger partial charge on any atom is -0.356 e. The van der Waals surface area contributed by atoms with E-state index in [0.29, 0.717) is 0 Å². The molecule has 1 heterocycles. The molecule has 0 radical (unpaired) electrons. The summed E-state index contributed by atoms with van der Waals surface area (Å²) in [5, 5.41) is 6.69. The standard InChI is InChI=1S/C18H29FN4/c1-15-14-17(19)7-6-16(15)8-9-21-18(20-2)22-10-13-23-11-4-3-5-12-23/h6-7,14H,3-5,8-13H2,1-2H3,(H2,20,21,22). The van der Waals surface area contributed by atoms with E-state index in [1.54, 1.807) is 13.1 Å². The van der Waals surface area contributed by atoms with Crippen LogP contribution in [0.25, 0.3) is 0 Å². The summed E-state index contributed by atoms with van der Waals surface area (Å²) in [5.41, 5.74) is 2.17. The van der Waals surface area contributed by atoms with Crippen LogP contribution < -0.4 is 10.6 Å². The van der Waals surface area contributed by atoms with Gasteiger partial charge in [0.1, 0.15) is 5.82 Å². The Hall–Kier alpha value is -1.62. The molecule has 1 aliphatic rings. The van der Waals surface area contributed by atoms with Crippen molar-refractivity contribution < 1.29 is 4.39 Å². The third kappa shape index (κ3) is 6.18. The summed E-state index contributed by atoms with van der Waals surface area (Å²) in [6.45, 7) is 7.15. The van der Waals surface area contributed by atoms with E-state index in [9.17, 15) is 4.39 Å². The zero-order valence-electron chi connectivity index (χ0n) is 14.4. The lowest BCUT2D eigenvalue weighted by molar-refractivity contribution is 0.232. The fraction of sp³-hybridized carbons (Fsp3) is 0.611. The SMILES string of the molecule is CN=C(NCCc1ccc(F)cc1C)NCCN1CCCCC1. The summed E-state index contributed by atoms with van der Waals surface area (Å²) in [6, 6.07) is 4.97. The quantitative estimate of drug-likeness (QED) is 0.624. The van der Waals surface area contributed by atoms with Gasteiger partial charge in [-0.3, -0.25) is 4.99 Å². The van der Waals surface area contributed by atoms with Crippen LogP contribution >= 0.6 is 0 Å². The molecule has 23 heavy (non-hydrogen) atoms. The number of piperidine rings is 1. The predicted molar refractivity (Wildman–Crippen MR) is 94.5 cm³/mol. The monoisotopic (exact) mass is 320 g/mol. The number of benzene rings is 1. The Kier molecular flexibility index (Phi) is 7.33. The number of halogens is 1. The first-order chi connectivity index (χ1) is 11.2. The average molecular weight is 320 g/mol. The Morgan fingerprint density at radius 3 is 2.61 bits per heavy atom. The van der Waals surface area contributed by atoms with Gasteiger partial charge in [-0.2, -0.15) is 0 Å². The molecule has 5 heteroatoms. The van der Waals surface area contributed by atoms with Gasteiger partial charge < -0.3 is 15.5 Å². The van der Waals surface area contributed by atoms with Crippen LogP contribution in [-0.4, -0.2) is 50.6 Å². The molecule has 0 atom stereocenters. The van der Waals surface area contributed by atoms with E-state index in [1.807, 2.05) is 13.0 Å². The Morgan fingerprint density at radius 2 is 1.91 bits per heavy atom. The molecule has 0 unspecified atom stereocenters. The smallest absolute Gasteiger partial charge is 0.191 e. The Labute approximate surface area is 139 Å². The Bertz CT molecular complexity index is 510. The topological polar surface area (TPSA) is 39.7 Å². The van der Waals surface area contributed by atoms with Crippen LogP contribution in [0, 0.1) is 12.7 Å². The largest absolute Gasteiger partial charge is 0.356 e. The van der Waals surface area contributed by atoms with E-state index in [1.165, 1.54) is 44.0 Å². The van der Waals surface area contributed by atoms with Crippen molar-refractivity contribution in [2.24, 2.45) is 4.99 Å². The molecule has 128 valence electrons. The van der Waals surface area contributed by atoms with Gasteiger partial charge in [0.25, 0.3) is 0 Å². The second kappa shape index (κ2) is 9.50. The van der Waals surface area contributed by atoms with Gasteiger partial charge in [0.15, 0.2) is 5.96 Å². The number of aliphatic imine (C=N–C) groups is 1. The molecular weight excluding hydrogens is 291 g/mol. The van der Waals surface area contributed by atoms with Crippen molar-refractivity contribution >= 4 is 5.96 Å². The second-order valence-corrected chi connectivity index (χ2v) is 6.15. The molecule has 1 aromatic rings. The van der Waals surface area contributed by atoms with Crippen molar-refractivity contribution in [3.8, 4) is 0 Å². The molecule has 0 spiro atoms. The second-order valence-electron chi connectivity index (χ2n) is 6.15. The number of nitrogens with one attached hydrogen (secondary N) is 2. The summed E-state index contributed by atoms with van der Waals surface area (Å²) in [4.78, 5) is 6.76. The van der Waals surface area contributed by atoms with Gasteiger partial charge >= 0.3 is 0 Å². The molecular formula is C18H29FN4. The summed E-state index contributed by atoms with van der Waals surface area (Å²) >= 11 is 0. The van der Waals surface area contributed by atoms with Crippen molar-refractivity contribution in [2.45, 2.75) is 32.6 Å². The highest BCUT2D eigenvalue weighted by Crippen LogP contribution is 2.10. The zero-order chi connectivity index (χ0) is 16.5. The molecule has 1 aromatic carbocycles. The number of nitrogens with zero attached hydrogens (tertiary/aromatic N) is 2. The van der Waals surface area contributed by atoms with E-state index in [4.69, 9.17) is 0 Å². The van der Waals surface area contributed by atoms with E-state index in [-0.39, 0.29) is 5.82 Å². The van der Waals surface area contributed by atoms with Crippen LogP contribution in [0.5, 0.6) is 0 Å². The Balaban J connectivity index is 1.66. The van der Waals surface area contributed by atoms with Crippen LogP contribution in [0.15, 0.2) is 23.2 Å². The lowest BCUT2D eigenvalue weighted by atomic mass is 10.1. The molecule has 1 fully saturated rings. The number of hydrogen-bond donors (Lipinski definition) is 2. The van der Waals surface area contributed by atoms with Gasteiger partial charge in [-0.15, -0.1) is 0 Å². The maximum atomic E-state index is 13.1. The summed E-state index contributed by atoms with van der Waals surface area (Å²) in [7, 11) is 1.79. The van der Waals surface area contributed by atoms with Crippen molar-refractivity contribution in [1.82, 2.24) is 15.5 Å². The van der Waals surface area contributed by atoms with Crippen molar-refractivity contribution in [3.05, 3.63) is 35.1 Å². The highest BCUT2D eigenvalue weighted by atomic mass is 19.1. The predicted octanol–water partition coefficient (Wildman–Crippen LogP) is 2.33. The van der Waals surface area contributed by atoms with Crippen LogP contribution in [0.4, 0.5) is 4.39 Å². The highest BCUT2D eigenvalue weighted by molar-refractivity contribution is 5.79. The molecule has 2 rings (SSSR count). The first-order valence-corrected chi connectivity index (χ1v) is 8.61. The average Bonchev–Trinajstić information content (AvgIpc) is 2.56. The van der Waals surface area contributed by atoms with E-state index in [2.05, 4.69) is 20.5 Å². The molecule has 1 aliphatic heterocycles. The molecule has 0 aliphatic carbocycles. The number of aryl methyl sites for hydroxylation is 1. The van der Waals surface area contributed by atoms with Gasteiger partial charge in [-0.05, 0) is 62.5 Å². The maximum Gasteiger partial charge on any atom is 0.191 e. The zero-order valence-corrected chi connectivity index (χ0v) is 14.4. The fourth-order valence-corrected chi connectivity index (χ4v) is 2.99. The summed E-state index contributed by atoms with van der Waals surface area (Å²) in [6.07, 6.45) is 4.88. The minimum absolute atomic E-state index is 0.172. The number of guanidine groups is 1. The molecule has 4 nitrogen and oxygen atoms in total. The van der Waals surface area contributed by atoms with Gasteiger partial charge in [-0.25, -0.2) is 4.39 Å². The van der Waals surface area contributed by atoms with Gasteiger partial charge in [-0.1, -0.05) is 12.5 Å². The molecule has 0 aromatic heterocycles. The lowest BCUT2D eigenvalue weighted by Crippen LogP contribution is -2.43.